The Bertz CT molecular complexity index is 1700. The van der Waals surface area contributed by atoms with Crippen LogP contribution in [-0.2, 0) is 6.54 Å². The predicted octanol–water partition coefficient (Wildman–Crippen LogP) is 11.1. The normalized spacial score (nSPS) is 13.3. The fraction of sp³-hybridized carbons (Fsp3) is 0.543. The Balaban J connectivity index is 1.62. The molecular formula is C35H45N3O2S4. The third-order valence-corrected chi connectivity index (χ3v) is 13.5. The van der Waals surface area contributed by atoms with E-state index in [9.17, 15) is 9.59 Å². The second kappa shape index (κ2) is 15.4. The summed E-state index contributed by atoms with van der Waals surface area (Å²) in [5.74, 6) is 0.686. The predicted molar refractivity (Wildman–Crippen MR) is 194 cm³/mol. The summed E-state index contributed by atoms with van der Waals surface area (Å²) in [6.07, 6.45) is 13.2. The molecule has 0 radical (unpaired) electrons. The number of aromatic nitrogens is 3. The fourth-order valence-electron chi connectivity index (χ4n) is 6.06. The van der Waals surface area contributed by atoms with Gasteiger partial charge in [-0.15, -0.1) is 45.3 Å². The molecule has 0 aliphatic heterocycles. The van der Waals surface area contributed by atoms with Gasteiger partial charge in [-0.25, -0.2) is 9.97 Å². The number of rotatable bonds is 16. The molecule has 0 saturated carbocycles. The molecule has 0 fully saturated rings. The summed E-state index contributed by atoms with van der Waals surface area (Å²) in [5, 5.41) is 5.82. The lowest BCUT2D eigenvalue weighted by molar-refractivity contribution is 0.263. The third-order valence-electron chi connectivity index (χ3n) is 8.88. The van der Waals surface area contributed by atoms with E-state index in [-0.39, 0.29) is 17.0 Å². The lowest BCUT2D eigenvalue weighted by Crippen LogP contribution is -2.35. The molecule has 0 N–H and O–H groups in total. The molecule has 5 aromatic rings. The van der Waals surface area contributed by atoms with Crippen molar-refractivity contribution in [3.63, 3.8) is 0 Å². The van der Waals surface area contributed by atoms with Crippen LogP contribution in [0.2, 0.25) is 0 Å². The van der Waals surface area contributed by atoms with E-state index in [2.05, 4.69) is 57.5 Å². The van der Waals surface area contributed by atoms with Crippen molar-refractivity contribution in [2.45, 2.75) is 112 Å². The van der Waals surface area contributed by atoms with Gasteiger partial charge in [0.1, 0.15) is 21.0 Å². The van der Waals surface area contributed by atoms with E-state index in [4.69, 9.17) is 9.97 Å². The zero-order valence-corrected chi connectivity index (χ0v) is 30.0. The number of unbranched alkanes of at least 4 members (excludes halogenated alkanes) is 7. The van der Waals surface area contributed by atoms with Gasteiger partial charge in [0.25, 0.3) is 11.1 Å². The first-order valence-corrected chi connectivity index (χ1v) is 19.7. The second-order valence-corrected chi connectivity index (χ2v) is 16.1. The molecule has 0 aliphatic carbocycles. The molecule has 0 bridgehead atoms. The molecule has 0 aliphatic rings. The molecule has 2 unspecified atom stereocenters. The number of hydrogen-bond donors (Lipinski definition) is 0. The van der Waals surface area contributed by atoms with Crippen molar-refractivity contribution in [1.82, 2.24) is 14.5 Å². The Kier molecular flexibility index (Phi) is 11.6. The molecule has 0 amide bonds. The minimum Gasteiger partial charge on any atom is -0.271 e. The van der Waals surface area contributed by atoms with Gasteiger partial charge < -0.3 is 0 Å². The summed E-state index contributed by atoms with van der Waals surface area (Å²) in [4.78, 5) is 40.8. The summed E-state index contributed by atoms with van der Waals surface area (Å²) in [6.45, 7) is 11.4. The summed E-state index contributed by atoms with van der Waals surface area (Å²) in [7, 11) is 0. The number of thiophene rings is 2. The molecule has 2 atom stereocenters. The molecular weight excluding hydrogens is 623 g/mol. The van der Waals surface area contributed by atoms with E-state index in [0.29, 0.717) is 23.5 Å². The molecule has 236 valence electrons. The fourth-order valence-corrected chi connectivity index (χ4v) is 10.5. The van der Waals surface area contributed by atoms with Crippen LogP contribution in [0.15, 0.2) is 32.5 Å². The zero-order valence-electron chi connectivity index (χ0n) is 26.7. The average Bonchev–Trinajstić information content (AvgIpc) is 3.81. The van der Waals surface area contributed by atoms with Gasteiger partial charge in [-0.05, 0) is 66.1 Å². The van der Waals surface area contributed by atoms with Crippen LogP contribution in [0.4, 0.5) is 0 Å². The van der Waals surface area contributed by atoms with Crippen molar-refractivity contribution in [2.24, 2.45) is 11.8 Å². The van der Waals surface area contributed by atoms with E-state index in [1.54, 1.807) is 22.7 Å². The molecule has 5 rings (SSSR count). The van der Waals surface area contributed by atoms with Crippen molar-refractivity contribution >= 4 is 65.8 Å². The summed E-state index contributed by atoms with van der Waals surface area (Å²) in [5.41, 5.74) is 2.57. The lowest BCUT2D eigenvalue weighted by Gasteiger charge is -2.24. The standard InChI is InChI=1S/C35H45N3O2S4/c1-6-8-10-11-12-14-16-25(22(3)15-13-9-7-2)21-38-34(39)26-30(43-32(36-26)28-23(4)17-19-41-28)31-27(35(38)40)37-33(44-31)29-24(5)18-20-42-29/h17-20,22,25H,6-16,21H2,1-5H3. The number of thiazole rings is 2. The van der Waals surface area contributed by atoms with Gasteiger partial charge in [0, 0.05) is 6.54 Å². The van der Waals surface area contributed by atoms with Gasteiger partial charge in [0.05, 0.1) is 19.2 Å². The minimum atomic E-state index is -0.269. The van der Waals surface area contributed by atoms with Gasteiger partial charge in [0.15, 0.2) is 0 Å². The maximum absolute atomic E-state index is 14.3. The summed E-state index contributed by atoms with van der Waals surface area (Å²) in [6, 6.07) is 4.18. The number of aryl methyl sites for hydroxylation is 2. The Morgan fingerprint density at radius 3 is 1.68 bits per heavy atom. The first-order valence-electron chi connectivity index (χ1n) is 16.3. The van der Waals surface area contributed by atoms with Gasteiger partial charge in [-0.2, -0.15) is 0 Å². The van der Waals surface area contributed by atoms with E-state index in [1.807, 2.05) is 0 Å². The van der Waals surface area contributed by atoms with Crippen LogP contribution in [0, 0.1) is 25.7 Å². The van der Waals surface area contributed by atoms with E-state index in [0.717, 1.165) is 59.6 Å². The van der Waals surface area contributed by atoms with Crippen LogP contribution >= 0.6 is 45.3 Å². The zero-order chi connectivity index (χ0) is 31.2. The number of hydrogen-bond acceptors (Lipinski definition) is 8. The Labute approximate surface area is 277 Å². The van der Waals surface area contributed by atoms with Crippen LogP contribution in [0.25, 0.3) is 40.2 Å². The Morgan fingerprint density at radius 1 is 0.705 bits per heavy atom. The van der Waals surface area contributed by atoms with Gasteiger partial charge in [-0.3, -0.25) is 14.2 Å². The molecule has 5 aromatic heterocycles. The van der Waals surface area contributed by atoms with Crippen molar-refractivity contribution < 1.29 is 0 Å². The van der Waals surface area contributed by atoms with Crippen molar-refractivity contribution in [3.05, 3.63) is 54.7 Å². The topological polar surface area (TPSA) is 64.8 Å². The van der Waals surface area contributed by atoms with Gasteiger partial charge in [-0.1, -0.05) is 85.0 Å². The molecule has 0 aromatic carbocycles. The molecule has 0 saturated heterocycles. The highest BCUT2D eigenvalue weighted by Crippen LogP contribution is 2.41. The van der Waals surface area contributed by atoms with Crippen molar-refractivity contribution in [2.75, 3.05) is 0 Å². The summed E-state index contributed by atoms with van der Waals surface area (Å²) >= 11 is 6.33. The molecule has 9 heteroatoms. The van der Waals surface area contributed by atoms with Crippen molar-refractivity contribution in [3.8, 4) is 19.8 Å². The molecule has 5 nitrogen and oxygen atoms in total. The SMILES string of the molecule is CCCCCCCCC(Cn1c(=O)c2nc(-c3sccc3C)sc2c2sc(-c3sccc3C)nc2c1=O)C(C)CCCCC. The van der Waals surface area contributed by atoms with Crippen LogP contribution in [-0.4, -0.2) is 14.5 Å². The largest absolute Gasteiger partial charge is 0.280 e. The lowest BCUT2D eigenvalue weighted by atomic mass is 9.85. The maximum atomic E-state index is 14.3. The molecule has 0 spiro atoms. The average molecular weight is 668 g/mol. The first-order chi connectivity index (χ1) is 21.3. The van der Waals surface area contributed by atoms with Gasteiger partial charge >= 0.3 is 0 Å². The Morgan fingerprint density at radius 2 is 1.18 bits per heavy atom. The number of nitrogens with zero attached hydrogens (tertiary/aromatic N) is 3. The second-order valence-electron chi connectivity index (χ2n) is 12.3. The summed E-state index contributed by atoms with van der Waals surface area (Å²) < 4.78 is 3.08. The minimum absolute atomic E-state index is 0.256. The van der Waals surface area contributed by atoms with E-state index >= 15 is 0 Å². The first kappa shape index (κ1) is 33.2. The Hall–Kier alpha value is -2.20. The van der Waals surface area contributed by atoms with E-state index < -0.39 is 0 Å². The van der Waals surface area contributed by atoms with Crippen LogP contribution in [0.5, 0.6) is 0 Å². The van der Waals surface area contributed by atoms with Gasteiger partial charge in [0.2, 0.25) is 0 Å². The smallest absolute Gasteiger partial charge is 0.271 e. The van der Waals surface area contributed by atoms with Crippen LogP contribution < -0.4 is 11.1 Å². The number of fused-ring (bicyclic) bond motifs is 3. The quantitative estimate of drug-likeness (QED) is 0.0982. The highest BCUT2D eigenvalue weighted by molar-refractivity contribution is 7.31. The maximum Gasteiger partial charge on any atom is 0.280 e. The van der Waals surface area contributed by atoms with Crippen molar-refractivity contribution in [1.29, 1.82) is 0 Å². The van der Waals surface area contributed by atoms with Crippen LogP contribution in [0.1, 0.15) is 103 Å². The highest BCUT2D eigenvalue weighted by Gasteiger charge is 2.25. The molecule has 44 heavy (non-hydrogen) atoms. The van der Waals surface area contributed by atoms with E-state index in [1.165, 1.54) is 78.6 Å². The highest BCUT2D eigenvalue weighted by atomic mass is 32.1. The monoisotopic (exact) mass is 667 g/mol. The van der Waals surface area contributed by atoms with Crippen LogP contribution in [0.3, 0.4) is 0 Å². The third kappa shape index (κ3) is 7.27. The molecule has 5 heterocycles.